The number of hydrogen-bond donors (Lipinski definition) is 1. The lowest BCUT2D eigenvalue weighted by molar-refractivity contribution is 0.147. The van der Waals surface area contributed by atoms with Gasteiger partial charge in [0.25, 0.3) is 0 Å². The van der Waals surface area contributed by atoms with Crippen molar-refractivity contribution in [3.05, 3.63) is 47.0 Å². The van der Waals surface area contributed by atoms with Gasteiger partial charge in [-0.25, -0.2) is 0 Å². The summed E-state index contributed by atoms with van der Waals surface area (Å²) in [4.78, 5) is 2.54. The number of benzene rings is 1. The summed E-state index contributed by atoms with van der Waals surface area (Å²) < 4.78 is 0. The quantitative estimate of drug-likeness (QED) is 0.911. The Hall–Kier alpha value is -0.830. The Bertz CT molecular complexity index is 416. The van der Waals surface area contributed by atoms with Crippen LogP contribution in [0.5, 0.6) is 0 Å². The van der Waals surface area contributed by atoms with E-state index in [0.717, 1.165) is 26.1 Å². The molecule has 0 amide bonds. The number of hydrogen-bond acceptors (Lipinski definition) is 2. The molecule has 2 unspecified atom stereocenters. The zero-order valence-electron chi connectivity index (χ0n) is 11.8. The average molecular weight is 279 g/mol. The Balaban J connectivity index is 2.03. The van der Waals surface area contributed by atoms with E-state index in [1.165, 1.54) is 11.1 Å². The van der Waals surface area contributed by atoms with E-state index in [1.54, 1.807) is 5.54 Å². The van der Waals surface area contributed by atoms with Crippen LogP contribution in [0.1, 0.15) is 19.4 Å². The van der Waals surface area contributed by atoms with Crippen molar-refractivity contribution in [2.45, 2.75) is 32.4 Å². The molecule has 2 atom stereocenters. The molecule has 2 nitrogen and oxygen atoms in total. The number of rotatable bonds is 4. The molecule has 0 aliphatic carbocycles. The molecule has 2 rings (SSSR count). The second kappa shape index (κ2) is 7.09. The van der Waals surface area contributed by atoms with Crippen molar-refractivity contribution in [1.82, 2.24) is 10.2 Å². The van der Waals surface area contributed by atoms with Gasteiger partial charge in [0, 0.05) is 37.3 Å². The molecule has 104 valence electrons. The fourth-order valence-corrected chi connectivity index (χ4v) is 2.74. The van der Waals surface area contributed by atoms with E-state index in [9.17, 15) is 0 Å². The van der Waals surface area contributed by atoms with Gasteiger partial charge in [0.05, 0.1) is 0 Å². The van der Waals surface area contributed by atoms with E-state index in [1.807, 2.05) is 0 Å². The van der Waals surface area contributed by atoms with Gasteiger partial charge >= 0.3 is 0 Å². The Morgan fingerprint density at radius 2 is 2.16 bits per heavy atom. The van der Waals surface area contributed by atoms with Gasteiger partial charge in [0.15, 0.2) is 0 Å². The first-order valence-corrected chi connectivity index (χ1v) is 7.40. The van der Waals surface area contributed by atoms with Gasteiger partial charge in [-0.2, -0.15) is 0 Å². The summed E-state index contributed by atoms with van der Waals surface area (Å²) in [5, 5.41) is 3.58. The average Bonchev–Trinajstić information content (AvgIpc) is 2.43. The topological polar surface area (TPSA) is 15.3 Å². The largest absolute Gasteiger partial charge is 0.311 e. The summed E-state index contributed by atoms with van der Waals surface area (Å²) in [5.41, 5.74) is 4.34. The molecule has 0 radical (unpaired) electrons. The molecular formula is C16H23ClN2. The smallest absolute Gasteiger partial charge is 0.0265 e. The predicted molar refractivity (Wildman–Crippen MR) is 82.6 cm³/mol. The van der Waals surface area contributed by atoms with Crippen LogP contribution in [-0.2, 0) is 6.42 Å². The van der Waals surface area contributed by atoms with Crippen LogP contribution in [0.15, 0.2) is 41.4 Å². The van der Waals surface area contributed by atoms with Crippen LogP contribution in [0.25, 0.3) is 0 Å². The summed E-state index contributed by atoms with van der Waals surface area (Å²) in [7, 11) is 0. The van der Waals surface area contributed by atoms with E-state index in [-0.39, 0.29) is 0 Å². The molecule has 1 fully saturated rings. The highest BCUT2D eigenvalue weighted by molar-refractivity contribution is 6.25. The van der Waals surface area contributed by atoms with Crippen LogP contribution in [0.4, 0.5) is 0 Å². The normalized spacial score (nSPS) is 25.5. The monoisotopic (exact) mass is 278 g/mol. The molecule has 0 saturated carbocycles. The zero-order chi connectivity index (χ0) is 13.7. The van der Waals surface area contributed by atoms with Crippen LogP contribution < -0.4 is 5.32 Å². The van der Waals surface area contributed by atoms with E-state index in [0.29, 0.717) is 12.1 Å². The molecule has 1 aromatic rings. The predicted octanol–water partition coefficient (Wildman–Crippen LogP) is 3.03. The van der Waals surface area contributed by atoms with Gasteiger partial charge in [-0.05, 0) is 31.4 Å². The second-order valence-corrected chi connectivity index (χ2v) is 5.76. The summed E-state index contributed by atoms with van der Waals surface area (Å²) in [6.45, 7) is 7.43. The van der Waals surface area contributed by atoms with Crippen molar-refractivity contribution in [3.63, 3.8) is 0 Å². The van der Waals surface area contributed by atoms with Crippen molar-refractivity contribution in [2.24, 2.45) is 0 Å². The lowest BCUT2D eigenvalue weighted by Crippen LogP contribution is -2.56. The fourth-order valence-electron chi connectivity index (χ4n) is 2.67. The number of halogens is 1. The van der Waals surface area contributed by atoms with E-state index >= 15 is 0 Å². The minimum absolute atomic E-state index is 0.546. The molecule has 0 aromatic heterocycles. The maximum Gasteiger partial charge on any atom is 0.0265 e. The molecule has 1 aliphatic heterocycles. The summed E-state index contributed by atoms with van der Waals surface area (Å²) in [5.74, 6) is 0. The van der Waals surface area contributed by atoms with Crippen molar-refractivity contribution in [3.8, 4) is 0 Å². The first-order chi connectivity index (χ1) is 9.19. The van der Waals surface area contributed by atoms with Crippen LogP contribution >= 0.6 is 11.6 Å². The fraction of sp³-hybridized carbons (Fsp3) is 0.500. The van der Waals surface area contributed by atoms with Gasteiger partial charge in [-0.15, -0.1) is 0 Å². The van der Waals surface area contributed by atoms with Gasteiger partial charge in [0.2, 0.25) is 0 Å². The summed E-state index contributed by atoms with van der Waals surface area (Å²) in [6.07, 6.45) is 1.09. The van der Waals surface area contributed by atoms with Crippen molar-refractivity contribution >= 4 is 11.6 Å². The summed E-state index contributed by atoms with van der Waals surface area (Å²) >= 11 is 5.81. The van der Waals surface area contributed by atoms with Crippen molar-refractivity contribution in [2.75, 3.05) is 19.6 Å². The second-order valence-electron chi connectivity index (χ2n) is 5.54. The molecule has 1 heterocycles. The molecule has 1 aliphatic rings. The van der Waals surface area contributed by atoms with Gasteiger partial charge in [0.1, 0.15) is 0 Å². The number of nitrogens with one attached hydrogen (secondary N) is 1. The standard InChI is InChI=1S/C16H23ClN2/c1-13(9-17)11-19-12-14(2)18-10-16(19)8-15-6-4-3-5-7-15/h3-7,9,14,16,18H,8,10-12H2,1-2H3/b13-9+. The van der Waals surface area contributed by atoms with Gasteiger partial charge < -0.3 is 5.32 Å². The van der Waals surface area contributed by atoms with Crippen LogP contribution in [-0.4, -0.2) is 36.6 Å². The maximum atomic E-state index is 5.81. The highest BCUT2D eigenvalue weighted by atomic mass is 35.5. The van der Waals surface area contributed by atoms with E-state index in [2.05, 4.69) is 54.4 Å². The van der Waals surface area contributed by atoms with Crippen LogP contribution in [0.3, 0.4) is 0 Å². The Labute approximate surface area is 121 Å². The van der Waals surface area contributed by atoms with E-state index in [4.69, 9.17) is 11.6 Å². The van der Waals surface area contributed by atoms with Crippen LogP contribution in [0.2, 0.25) is 0 Å². The molecule has 1 N–H and O–H groups in total. The van der Waals surface area contributed by atoms with Crippen molar-refractivity contribution in [1.29, 1.82) is 0 Å². The zero-order valence-corrected chi connectivity index (χ0v) is 12.5. The lowest BCUT2D eigenvalue weighted by Gasteiger charge is -2.39. The number of nitrogens with zero attached hydrogens (tertiary/aromatic N) is 1. The lowest BCUT2D eigenvalue weighted by atomic mass is 10.0. The number of piperazine rings is 1. The van der Waals surface area contributed by atoms with Gasteiger partial charge in [-0.1, -0.05) is 41.9 Å². The minimum atomic E-state index is 0.546. The first-order valence-electron chi connectivity index (χ1n) is 6.96. The molecule has 0 spiro atoms. The highest BCUT2D eigenvalue weighted by Gasteiger charge is 2.25. The molecule has 19 heavy (non-hydrogen) atoms. The minimum Gasteiger partial charge on any atom is -0.311 e. The third-order valence-electron chi connectivity index (χ3n) is 3.68. The molecule has 0 bridgehead atoms. The Morgan fingerprint density at radius 3 is 2.84 bits per heavy atom. The van der Waals surface area contributed by atoms with Crippen LogP contribution in [0, 0.1) is 0 Å². The van der Waals surface area contributed by atoms with Gasteiger partial charge in [-0.3, -0.25) is 4.90 Å². The summed E-state index contributed by atoms with van der Waals surface area (Å²) in [6, 6.07) is 11.8. The third-order valence-corrected chi connectivity index (χ3v) is 4.05. The third kappa shape index (κ3) is 4.34. The Kier molecular flexibility index (Phi) is 5.44. The maximum absolute atomic E-state index is 5.81. The SMILES string of the molecule is C/C(=C\Cl)CN1CC(C)NCC1Cc1ccccc1. The molecule has 1 aromatic carbocycles. The van der Waals surface area contributed by atoms with Crippen molar-refractivity contribution < 1.29 is 0 Å². The molecular weight excluding hydrogens is 256 g/mol. The first kappa shape index (κ1) is 14.6. The highest BCUT2D eigenvalue weighted by Crippen LogP contribution is 2.15. The van der Waals surface area contributed by atoms with E-state index < -0.39 is 0 Å². The molecule has 1 saturated heterocycles. The molecule has 3 heteroatoms. The Morgan fingerprint density at radius 1 is 1.42 bits per heavy atom.